The molecule has 0 bridgehead atoms. The molecule has 2 aromatic rings. The number of likely N-dealkylation sites (tertiary alicyclic amines) is 1. The molecule has 3 rings (SSSR count). The highest BCUT2D eigenvalue weighted by Gasteiger charge is 2.24. The third-order valence-electron chi connectivity index (χ3n) is 6.70. The number of carbonyl (C=O) groups excluding carboxylic acids is 1. The molecule has 0 spiro atoms. The number of nitrogens with zero attached hydrogens (tertiary/aromatic N) is 3. The second-order valence-electron chi connectivity index (χ2n) is 10.4. The van der Waals surface area contributed by atoms with Crippen LogP contribution < -0.4 is 11.1 Å². The number of piperidine rings is 1. The second-order valence-corrected chi connectivity index (χ2v) is 10.4. The van der Waals surface area contributed by atoms with Crippen LogP contribution in [0, 0.1) is 19.3 Å². The number of aryl methyl sites for hydroxylation is 2. The van der Waals surface area contributed by atoms with E-state index in [1.54, 1.807) is 19.3 Å². The van der Waals surface area contributed by atoms with Gasteiger partial charge in [-0.3, -0.25) is 15.2 Å². The third kappa shape index (κ3) is 8.35. The monoisotopic (exact) mass is 518 g/mol. The topological polar surface area (TPSA) is 107 Å². The lowest BCUT2D eigenvalue weighted by atomic mass is 9.98. The minimum atomic E-state index is -0.227. The molecule has 4 N–H and O–H groups in total. The van der Waals surface area contributed by atoms with E-state index in [-0.39, 0.29) is 17.7 Å². The number of amides is 1. The number of hydrogen-bond donors (Lipinski definition) is 3. The van der Waals surface area contributed by atoms with Gasteiger partial charge in [-0.25, -0.2) is 4.99 Å². The van der Waals surface area contributed by atoms with E-state index in [1.807, 2.05) is 45.0 Å². The molecule has 7 nitrogen and oxygen atoms in total. The number of hydrogen-bond acceptors (Lipinski definition) is 6. The Morgan fingerprint density at radius 3 is 2.39 bits per heavy atom. The zero-order valence-electron chi connectivity index (χ0n) is 24.5. The zero-order chi connectivity index (χ0) is 28.4. The number of benzene rings is 1. The van der Waals surface area contributed by atoms with Crippen molar-refractivity contribution in [3.05, 3.63) is 64.6 Å². The summed E-state index contributed by atoms with van der Waals surface area (Å²) in [5, 5.41) is 12.0. The Balaban J connectivity index is 0.00000161. The summed E-state index contributed by atoms with van der Waals surface area (Å²) in [7, 11) is 0. The van der Waals surface area contributed by atoms with Gasteiger partial charge >= 0.3 is 0 Å². The fourth-order valence-corrected chi connectivity index (χ4v) is 4.44. The van der Waals surface area contributed by atoms with Gasteiger partial charge in [0.05, 0.1) is 11.4 Å². The van der Waals surface area contributed by atoms with Gasteiger partial charge < -0.3 is 16.0 Å². The van der Waals surface area contributed by atoms with Crippen molar-refractivity contribution in [2.24, 2.45) is 4.99 Å². The summed E-state index contributed by atoms with van der Waals surface area (Å²) in [6, 6.07) is 8.24. The van der Waals surface area contributed by atoms with Gasteiger partial charge in [-0.15, -0.1) is 0 Å². The maximum Gasteiger partial charge on any atom is 0.270 e. The van der Waals surface area contributed by atoms with E-state index in [1.165, 1.54) is 6.42 Å². The molecule has 38 heavy (non-hydrogen) atoms. The summed E-state index contributed by atoms with van der Waals surface area (Å²) in [6.07, 6.45) is 6.48. The van der Waals surface area contributed by atoms with Gasteiger partial charge in [-0.1, -0.05) is 38.0 Å². The van der Waals surface area contributed by atoms with Crippen LogP contribution in [0.15, 0.2) is 47.3 Å². The van der Waals surface area contributed by atoms with Crippen LogP contribution in [0.25, 0.3) is 5.57 Å². The number of anilines is 1. The Hall–Kier alpha value is -3.32. The standard InChI is InChI=1S/C28H38N6O.C3H8/c1-17(2)34-12-9-23(10-13-34)33-28(35)27(20(5)22-8-7-11-31-16-22)32-21(6)26(30)24-15-18(3)14-19(4)25(24)29;1-3-2/h7-8,11,14-17,23,30H,9-10,12-13,29H2,1-6H3,(H,33,35);3H2,1-2H3/b27-20+,30-26?,32-21?;. The smallest absolute Gasteiger partial charge is 0.270 e. The van der Waals surface area contributed by atoms with Crippen LogP contribution in [-0.4, -0.2) is 52.4 Å². The number of nitrogens with one attached hydrogen (secondary N) is 2. The molecule has 0 unspecified atom stereocenters. The number of allylic oxidation sites excluding steroid dienone is 1. The highest BCUT2D eigenvalue weighted by molar-refractivity contribution is 6.48. The fourth-order valence-electron chi connectivity index (χ4n) is 4.44. The lowest BCUT2D eigenvalue weighted by molar-refractivity contribution is -0.118. The molecule has 7 heteroatoms. The summed E-state index contributed by atoms with van der Waals surface area (Å²) >= 11 is 0. The predicted octanol–water partition coefficient (Wildman–Crippen LogP) is 5.95. The van der Waals surface area contributed by atoms with Crippen molar-refractivity contribution < 1.29 is 4.79 Å². The van der Waals surface area contributed by atoms with Crippen molar-refractivity contribution in [2.45, 2.75) is 86.7 Å². The Bertz CT molecular complexity index is 1160. The molecule has 1 saturated heterocycles. The van der Waals surface area contributed by atoms with Gasteiger partial charge in [0.15, 0.2) is 0 Å². The first-order valence-electron chi connectivity index (χ1n) is 13.7. The van der Waals surface area contributed by atoms with Crippen LogP contribution in [-0.2, 0) is 4.79 Å². The van der Waals surface area contributed by atoms with E-state index >= 15 is 0 Å². The maximum atomic E-state index is 13.5. The van der Waals surface area contributed by atoms with Gasteiger partial charge in [0.2, 0.25) is 0 Å². The van der Waals surface area contributed by atoms with Gasteiger partial charge in [0, 0.05) is 48.8 Å². The molecule has 1 aliphatic heterocycles. The molecule has 1 amide bonds. The summed E-state index contributed by atoms with van der Waals surface area (Å²) in [5.74, 6) is -0.227. The lowest BCUT2D eigenvalue weighted by Crippen LogP contribution is -2.47. The molecule has 1 fully saturated rings. The summed E-state index contributed by atoms with van der Waals surface area (Å²) in [4.78, 5) is 24.8. The quantitative estimate of drug-likeness (QED) is 0.239. The maximum absolute atomic E-state index is 13.5. The van der Waals surface area contributed by atoms with Gasteiger partial charge in [0.25, 0.3) is 5.91 Å². The van der Waals surface area contributed by atoms with Crippen molar-refractivity contribution in [3.63, 3.8) is 0 Å². The number of aliphatic imine (C=N–C) groups is 1. The fraction of sp³-hybridized carbons (Fsp3) is 0.484. The lowest BCUT2D eigenvalue weighted by Gasteiger charge is -2.34. The van der Waals surface area contributed by atoms with E-state index in [4.69, 9.17) is 16.1 Å². The number of nitrogen functional groups attached to an aromatic ring is 1. The Labute approximate surface area is 229 Å². The van der Waals surface area contributed by atoms with Crippen molar-refractivity contribution in [3.8, 4) is 0 Å². The molecular formula is C31H46N6O. The first-order valence-corrected chi connectivity index (χ1v) is 13.7. The minimum Gasteiger partial charge on any atom is -0.398 e. The van der Waals surface area contributed by atoms with Gasteiger partial charge in [0.1, 0.15) is 5.70 Å². The number of nitrogens with two attached hydrogens (primary N) is 1. The van der Waals surface area contributed by atoms with E-state index < -0.39 is 0 Å². The first-order chi connectivity index (χ1) is 18.0. The Morgan fingerprint density at radius 2 is 1.84 bits per heavy atom. The van der Waals surface area contributed by atoms with E-state index in [9.17, 15) is 4.79 Å². The molecule has 0 atom stereocenters. The van der Waals surface area contributed by atoms with Crippen LogP contribution in [0.2, 0.25) is 0 Å². The Kier molecular flexibility index (Phi) is 11.9. The molecule has 206 valence electrons. The predicted molar refractivity (Wildman–Crippen MR) is 161 cm³/mol. The SMILES string of the molecule is CC(=N/C(C(=O)NC1CCN(C(C)C)CC1)=C(\C)c1cccnc1)C(=N)c1cc(C)cc(C)c1N.CCC. The molecule has 0 saturated carbocycles. The summed E-state index contributed by atoms with van der Waals surface area (Å²) in [5.41, 5.74) is 11.9. The number of rotatable bonds is 7. The highest BCUT2D eigenvalue weighted by Crippen LogP contribution is 2.23. The average molecular weight is 519 g/mol. The number of pyridine rings is 1. The minimum absolute atomic E-state index is 0.0965. The molecule has 1 aliphatic rings. The zero-order valence-corrected chi connectivity index (χ0v) is 24.5. The average Bonchev–Trinajstić information content (AvgIpc) is 2.89. The number of aromatic nitrogens is 1. The molecule has 0 radical (unpaired) electrons. The third-order valence-corrected chi connectivity index (χ3v) is 6.70. The number of carbonyl (C=O) groups is 1. The van der Waals surface area contributed by atoms with Gasteiger partial charge in [-0.05, 0) is 83.2 Å². The van der Waals surface area contributed by atoms with Crippen molar-refractivity contribution in [1.29, 1.82) is 5.41 Å². The largest absolute Gasteiger partial charge is 0.398 e. The summed E-state index contributed by atoms with van der Waals surface area (Å²) in [6.45, 7) is 18.1. The van der Waals surface area contributed by atoms with Crippen LogP contribution in [0.5, 0.6) is 0 Å². The molecule has 0 aliphatic carbocycles. The van der Waals surface area contributed by atoms with Crippen molar-refractivity contribution in [1.82, 2.24) is 15.2 Å². The molecular weight excluding hydrogens is 472 g/mol. The molecule has 2 heterocycles. The van der Waals surface area contributed by atoms with Crippen LogP contribution in [0.1, 0.15) is 83.1 Å². The Morgan fingerprint density at radius 1 is 1.21 bits per heavy atom. The van der Waals surface area contributed by atoms with Crippen LogP contribution >= 0.6 is 0 Å². The van der Waals surface area contributed by atoms with Gasteiger partial charge in [-0.2, -0.15) is 0 Å². The van der Waals surface area contributed by atoms with Crippen LogP contribution in [0.3, 0.4) is 0 Å². The van der Waals surface area contributed by atoms with Crippen LogP contribution in [0.4, 0.5) is 5.69 Å². The van der Waals surface area contributed by atoms with Crippen molar-refractivity contribution in [2.75, 3.05) is 18.8 Å². The highest BCUT2D eigenvalue weighted by atomic mass is 16.2. The summed E-state index contributed by atoms with van der Waals surface area (Å²) < 4.78 is 0. The van der Waals surface area contributed by atoms with E-state index in [0.29, 0.717) is 28.7 Å². The van der Waals surface area contributed by atoms with E-state index in [0.717, 1.165) is 48.2 Å². The first kappa shape index (κ1) is 30.9. The normalized spacial score (nSPS) is 15.4. The second kappa shape index (κ2) is 14.6. The van der Waals surface area contributed by atoms with E-state index in [2.05, 4.69) is 42.9 Å². The van der Waals surface area contributed by atoms with Crippen molar-refractivity contribution >= 4 is 28.6 Å². The molecule has 1 aromatic carbocycles. The molecule has 1 aromatic heterocycles.